The van der Waals surface area contributed by atoms with Gasteiger partial charge >= 0.3 is 0 Å². The summed E-state index contributed by atoms with van der Waals surface area (Å²) in [6.07, 6.45) is 0. The molecule has 0 heterocycles. The lowest BCUT2D eigenvalue weighted by Gasteiger charge is -2.05. The zero-order chi connectivity index (χ0) is 7.56. The monoisotopic (exact) mass is 172 g/mol. The topological polar surface area (TPSA) is 38.0 Å². The number of hydrogen-bond donors (Lipinski definition) is 2. The molecule has 0 aliphatic rings. The molecule has 0 fully saturated rings. The van der Waals surface area contributed by atoms with Crippen molar-refractivity contribution in [2.45, 2.75) is 13.8 Å². The Balaban J connectivity index is 0.000001000. The van der Waals surface area contributed by atoms with Gasteiger partial charge in [0.05, 0.1) is 5.69 Å². The summed E-state index contributed by atoms with van der Waals surface area (Å²) >= 11 is 0. The lowest BCUT2D eigenvalue weighted by molar-refractivity contribution is 1.27. The Kier molecular flexibility index (Phi) is 3.93. The van der Waals surface area contributed by atoms with Crippen molar-refractivity contribution >= 4 is 18.1 Å². The highest BCUT2D eigenvalue weighted by Crippen LogP contribution is 2.15. The van der Waals surface area contributed by atoms with E-state index < -0.39 is 0 Å². The number of nitrogen functional groups attached to an aromatic ring is 1. The number of hydrogen-bond acceptors (Lipinski definition) is 2. The predicted octanol–water partition coefficient (Wildman–Crippen LogP) is 2.01. The maximum atomic E-state index is 5.27. The molecule has 0 aliphatic carbocycles. The number of halogens is 1. The van der Waals surface area contributed by atoms with Crippen molar-refractivity contribution in [2.75, 3.05) is 5.43 Å². The van der Waals surface area contributed by atoms with Crippen molar-refractivity contribution in [1.29, 1.82) is 0 Å². The highest BCUT2D eigenvalue weighted by Gasteiger charge is 1.95. The quantitative estimate of drug-likeness (QED) is 0.503. The van der Waals surface area contributed by atoms with Gasteiger partial charge in [-0.1, -0.05) is 12.1 Å². The zero-order valence-electron chi connectivity index (χ0n) is 6.72. The predicted molar refractivity (Wildman–Crippen MR) is 51.0 cm³/mol. The number of aryl methyl sites for hydroxylation is 1. The average molecular weight is 173 g/mol. The molecule has 0 atom stereocenters. The van der Waals surface area contributed by atoms with Crippen LogP contribution < -0.4 is 11.3 Å². The van der Waals surface area contributed by atoms with Crippen LogP contribution >= 0.6 is 12.4 Å². The molecule has 0 bridgehead atoms. The van der Waals surface area contributed by atoms with Crippen LogP contribution in [0.4, 0.5) is 5.69 Å². The summed E-state index contributed by atoms with van der Waals surface area (Å²) in [5, 5.41) is 0. The molecule has 11 heavy (non-hydrogen) atoms. The lowest BCUT2D eigenvalue weighted by atomic mass is 10.1. The van der Waals surface area contributed by atoms with Crippen LogP contribution in [0, 0.1) is 13.8 Å². The van der Waals surface area contributed by atoms with Crippen LogP contribution in [0.2, 0.25) is 0 Å². The van der Waals surface area contributed by atoms with Crippen molar-refractivity contribution in [2.24, 2.45) is 5.84 Å². The third-order valence-electron chi connectivity index (χ3n) is 1.76. The van der Waals surface area contributed by atoms with Gasteiger partial charge in [-0.05, 0) is 31.0 Å². The smallest absolute Gasteiger partial charge is 0.0516 e. The fraction of sp³-hybridized carbons (Fsp3) is 0.250. The molecule has 62 valence electrons. The highest BCUT2D eigenvalue weighted by atomic mass is 35.5. The Morgan fingerprint density at radius 3 is 2.36 bits per heavy atom. The molecule has 3 heteroatoms. The van der Waals surface area contributed by atoms with Crippen molar-refractivity contribution in [3.05, 3.63) is 29.3 Å². The van der Waals surface area contributed by atoms with E-state index in [1.807, 2.05) is 19.1 Å². The van der Waals surface area contributed by atoms with Crippen LogP contribution in [0.1, 0.15) is 11.1 Å². The molecular formula is C8H13ClN2. The number of anilines is 1. The van der Waals surface area contributed by atoms with Crippen LogP contribution in [-0.2, 0) is 0 Å². The summed E-state index contributed by atoms with van der Waals surface area (Å²) in [7, 11) is 0. The van der Waals surface area contributed by atoms with Gasteiger partial charge in [0.2, 0.25) is 0 Å². The minimum atomic E-state index is 0. The van der Waals surface area contributed by atoms with E-state index in [-0.39, 0.29) is 12.4 Å². The van der Waals surface area contributed by atoms with Crippen LogP contribution in [0.5, 0.6) is 0 Å². The standard InChI is InChI=1S/C8H12N2.ClH/c1-6-4-3-5-8(10-9)7(6)2;/h3-5,10H,9H2,1-2H3;1H. The minimum Gasteiger partial charge on any atom is -0.324 e. The highest BCUT2D eigenvalue weighted by molar-refractivity contribution is 5.85. The van der Waals surface area contributed by atoms with Crippen LogP contribution in [0.3, 0.4) is 0 Å². The Morgan fingerprint density at radius 1 is 1.27 bits per heavy atom. The van der Waals surface area contributed by atoms with Gasteiger partial charge < -0.3 is 5.43 Å². The van der Waals surface area contributed by atoms with Gasteiger partial charge in [-0.25, -0.2) is 0 Å². The Morgan fingerprint density at radius 2 is 1.91 bits per heavy atom. The van der Waals surface area contributed by atoms with Gasteiger partial charge in [0.1, 0.15) is 0 Å². The third kappa shape index (κ3) is 2.10. The summed E-state index contributed by atoms with van der Waals surface area (Å²) in [5.74, 6) is 5.27. The number of benzene rings is 1. The molecule has 0 unspecified atom stereocenters. The van der Waals surface area contributed by atoms with Gasteiger partial charge in [-0.2, -0.15) is 0 Å². The SMILES string of the molecule is Cc1cccc(NN)c1C.Cl. The van der Waals surface area contributed by atoms with E-state index >= 15 is 0 Å². The summed E-state index contributed by atoms with van der Waals surface area (Å²) in [5.41, 5.74) is 6.11. The zero-order valence-corrected chi connectivity index (χ0v) is 7.53. The molecule has 0 spiro atoms. The first-order chi connectivity index (χ1) is 4.75. The van der Waals surface area contributed by atoms with Gasteiger partial charge in [0.15, 0.2) is 0 Å². The lowest BCUT2D eigenvalue weighted by Crippen LogP contribution is -2.08. The molecule has 0 saturated heterocycles. The van der Waals surface area contributed by atoms with E-state index in [1.54, 1.807) is 0 Å². The van der Waals surface area contributed by atoms with Crippen LogP contribution in [-0.4, -0.2) is 0 Å². The Labute approximate surface area is 73.2 Å². The van der Waals surface area contributed by atoms with E-state index in [0.29, 0.717) is 0 Å². The molecule has 0 amide bonds. The maximum absolute atomic E-state index is 5.27. The molecule has 1 aromatic carbocycles. The molecule has 3 N–H and O–H groups in total. The molecular weight excluding hydrogens is 160 g/mol. The molecule has 1 aromatic rings. The first-order valence-electron chi connectivity index (χ1n) is 3.28. The van der Waals surface area contributed by atoms with Gasteiger partial charge in [-0.15, -0.1) is 12.4 Å². The fourth-order valence-corrected chi connectivity index (χ4v) is 0.907. The van der Waals surface area contributed by atoms with Crippen molar-refractivity contribution in [3.8, 4) is 0 Å². The second kappa shape index (κ2) is 4.21. The number of rotatable bonds is 1. The molecule has 0 aromatic heterocycles. The molecule has 0 saturated carbocycles. The summed E-state index contributed by atoms with van der Waals surface area (Å²) in [6.45, 7) is 4.11. The summed E-state index contributed by atoms with van der Waals surface area (Å²) < 4.78 is 0. The molecule has 2 nitrogen and oxygen atoms in total. The van der Waals surface area contributed by atoms with Gasteiger partial charge in [0.25, 0.3) is 0 Å². The fourth-order valence-electron chi connectivity index (χ4n) is 0.907. The summed E-state index contributed by atoms with van der Waals surface area (Å²) in [4.78, 5) is 0. The van der Waals surface area contributed by atoms with Crippen LogP contribution in [0.15, 0.2) is 18.2 Å². The largest absolute Gasteiger partial charge is 0.324 e. The maximum Gasteiger partial charge on any atom is 0.0516 e. The summed E-state index contributed by atoms with van der Waals surface area (Å²) in [6, 6.07) is 6.01. The first-order valence-corrected chi connectivity index (χ1v) is 3.28. The average Bonchev–Trinajstić information content (AvgIpc) is 1.95. The third-order valence-corrected chi connectivity index (χ3v) is 1.76. The first kappa shape index (κ1) is 10.3. The Hall–Kier alpha value is -0.730. The molecule has 0 aliphatic heterocycles. The second-order valence-corrected chi connectivity index (χ2v) is 2.39. The van der Waals surface area contributed by atoms with Crippen molar-refractivity contribution in [1.82, 2.24) is 0 Å². The van der Waals surface area contributed by atoms with E-state index in [9.17, 15) is 0 Å². The van der Waals surface area contributed by atoms with E-state index in [0.717, 1.165) is 5.69 Å². The second-order valence-electron chi connectivity index (χ2n) is 2.39. The van der Waals surface area contributed by atoms with Crippen LogP contribution in [0.25, 0.3) is 0 Å². The Bertz CT molecular complexity index is 236. The van der Waals surface area contributed by atoms with E-state index in [2.05, 4.69) is 18.4 Å². The molecule has 1 rings (SSSR count). The van der Waals surface area contributed by atoms with Crippen molar-refractivity contribution in [3.63, 3.8) is 0 Å². The minimum absolute atomic E-state index is 0. The van der Waals surface area contributed by atoms with E-state index in [1.165, 1.54) is 11.1 Å². The van der Waals surface area contributed by atoms with Crippen molar-refractivity contribution < 1.29 is 0 Å². The number of nitrogens with two attached hydrogens (primary N) is 1. The van der Waals surface area contributed by atoms with Gasteiger partial charge in [-0.3, -0.25) is 5.84 Å². The number of nitrogens with one attached hydrogen (secondary N) is 1. The normalized spacial score (nSPS) is 8.64. The van der Waals surface area contributed by atoms with E-state index in [4.69, 9.17) is 5.84 Å². The molecule has 0 radical (unpaired) electrons. The van der Waals surface area contributed by atoms with Gasteiger partial charge in [0, 0.05) is 0 Å². The number of hydrazine groups is 1.